The lowest BCUT2D eigenvalue weighted by atomic mass is 10.0. The summed E-state index contributed by atoms with van der Waals surface area (Å²) in [7, 11) is 0. The van der Waals surface area contributed by atoms with Crippen molar-refractivity contribution in [1.82, 2.24) is 0 Å². The van der Waals surface area contributed by atoms with Crippen LogP contribution in [-0.4, -0.2) is 5.91 Å². The van der Waals surface area contributed by atoms with E-state index in [1.165, 1.54) is 11.6 Å². The van der Waals surface area contributed by atoms with E-state index in [1.807, 2.05) is 61.5 Å². The fourth-order valence-corrected chi connectivity index (χ4v) is 2.49. The third-order valence-corrected chi connectivity index (χ3v) is 3.67. The van der Waals surface area contributed by atoms with Crippen molar-refractivity contribution in [3.8, 4) is 0 Å². The first-order valence-corrected chi connectivity index (χ1v) is 7.88. The Hall–Kier alpha value is -3.07. The molecule has 1 N–H and O–H groups in total. The fourth-order valence-electron chi connectivity index (χ4n) is 2.49. The summed E-state index contributed by atoms with van der Waals surface area (Å²) in [6.45, 7) is 1.87. The highest BCUT2D eigenvalue weighted by molar-refractivity contribution is 6.02. The largest absolute Gasteiger partial charge is 0.462 e. The second-order valence-corrected chi connectivity index (χ2v) is 5.59. The molecule has 0 saturated carbocycles. The summed E-state index contributed by atoms with van der Waals surface area (Å²) in [6, 6.07) is 21.8. The van der Waals surface area contributed by atoms with E-state index in [2.05, 4.69) is 17.4 Å². The molecule has 3 heteroatoms. The van der Waals surface area contributed by atoms with E-state index < -0.39 is 0 Å². The topological polar surface area (TPSA) is 42.2 Å². The molecule has 0 radical (unpaired) electrons. The predicted octanol–water partition coefficient (Wildman–Crippen LogP) is 4.83. The minimum atomic E-state index is -0.176. The third-order valence-electron chi connectivity index (χ3n) is 3.67. The van der Waals surface area contributed by atoms with Gasteiger partial charge in [0, 0.05) is 11.8 Å². The van der Waals surface area contributed by atoms with Crippen LogP contribution in [0.4, 0.5) is 5.69 Å². The molecular formula is C21H19NO2. The van der Waals surface area contributed by atoms with Crippen molar-refractivity contribution in [2.24, 2.45) is 0 Å². The van der Waals surface area contributed by atoms with Crippen molar-refractivity contribution in [2.45, 2.75) is 13.3 Å². The van der Waals surface area contributed by atoms with Crippen molar-refractivity contribution in [2.75, 3.05) is 5.32 Å². The van der Waals surface area contributed by atoms with Gasteiger partial charge in [0.1, 0.15) is 11.5 Å². The number of benzene rings is 2. The first kappa shape index (κ1) is 15.8. The number of nitrogens with one attached hydrogen (secondary N) is 1. The first-order chi connectivity index (χ1) is 11.7. The summed E-state index contributed by atoms with van der Waals surface area (Å²) in [5, 5.41) is 2.94. The lowest BCUT2D eigenvalue weighted by molar-refractivity contribution is -0.111. The first-order valence-electron chi connectivity index (χ1n) is 7.88. The molecule has 0 aliphatic heterocycles. The van der Waals surface area contributed by atoms with Crippen LogP contribution in [0, 0.1) is 6.92 Å². The van der Waals surface area contributed by atoms with E-state index in [9.17, 15) is 4.79 Å². The van der Waals surface area contributed by atoms with Crippen LogP contribution >= 0.6 is 0 Å². The molecule has 3 aromatic rings. The van der Waals surface area contributed by atoms with Gasteiger partial charge < -0.3 is 9.73 Å². The maximum Gasteiger partial charge on any atom is 0.248 e. The average Bonchev–Trinajstić information content (AvgIpc) is 3.01. The highest BCUT2D eigenvalue weighted by Gasteiger charge is 2.05. The zero-order valence-electron chi connectivity index (χ0n) is 13.5. The number of hydrogen-bond acceptors (Lipinski definition) is 2. The number of amides is 1. The molecule has 1 aromatic heterocycles. The van der Waals surface area contributed by atoms with Gasteiger partial charge in [0.05, 0.1) is 0 Å². The van der Waals surface area contributed by atoms with Crippen molar-refractivity contribution in [1.29, 1.82) is 0 Å². The third kappa shape index (κ3) is 4.23. The van der Waals surface area contributed by atoms with Crippen molar-refractivity contribution in [3.63, 3.8) is 0 Å². The monoisotopic (exact) mass is 317 g/mol. The fraction of sp³-hybridized carbons (Fsp3) is 0.0952. The van der Waals surface area contributed by atoms with Crippen LogP contribution in [0.1, 0.15) is 22.6 Å². The van der Waals surface area contributed by atoms with Gasteiger partial charge >= 0.3 is 0 Å². The van der Waals surface area contributed by atoms with Crippen molar-refractivity contribution >= 4 is 17.7 Å². The number of aryl methyl sites for hydroxylation is 1. The molecule has 24 heavy (non-hydrogen) atoms. The Balaban J connectivity index is 1.70. The van der Waals surface area contributed by atoms with Gasteiger partial charge in [-0.2, -0.15) is 0 Å². The SMILES string of the molecule is Cc1ccc(C=CC(=O)Nc2ccccc2Cc2ccccc2)o1. The van der Waals surface area contributed by atoms with Gasteiger partial charge in [-0.15, -0.1) is 0 Å². The number of hydrogen-bond donors (Lipinski definition) is 1. The molecule has 0 saturated heterocycles. The summed E-state index contributed by atoms with van der Waals surface area (Å²) in [5.41, 5.74) is 3.12. The molecular weight excluding hydrogens is 298 g/mol. The van der Waals surface area contributed by atoms with Gasteiger partial charge in [0.25, 0.3) is 0 Å². The predicted molar refractivity (Wildman–Crippen MR) is 96.8 cm³/mol. The van der Waals surface area contributed by atoms with Gasteiger partial charge in [-0.25, -0.2) is 0 Å². The van der Waals surface area contributed by atoms with Gasteiger partial charge in [0.2, 0.25) is 5.91 Å². The summed E-state index contributed by atoms with van der Waals surface area (Å²) < 4.78 is 5.42. The minimum absolute atomic E-state index is 0.176. The maximum atomic E-state index is 12.2. The second-order valence-electron chi connectivity index (χ2n) is 5.59. The number of rotatable bonds is 5. The van der Waals surface area contributed by atoms with Gasteiger partial charge in [0.15, 0.2) is 0 Å². The Morgan fingerprint density at radius 1 is 1.00 bits per heavy atom. The van der Waals surface area contributed by atoms with Crippen molar-refractivity contribution in [3.05, 3.63) is 95.5 Å². The highest BCUT2D eigenvalue weighted by Crippen LogP contribution is 2.19. The molecule has 2 aromatic carbocycles. The zero-order chi connectivity index (χ0) is 16.8. The Labute approximate surface area is 141 Å². The molecule has 0 atom stereocenters. The van der Waals surface area contributed by atoms with Gasteiger partial charge in [-0.1, -0.05) is 48.5 Å². The van der Waals surface area contributed by atoms with E-state index >= 15 is 0 Å². The summed E-state index contributed by atoms with van der Waals surface area (Å²) in [6.07, 6.45) is 3.93. The molecule has 0 bridgehead atoms. The van der Waals surface area contributed by atoms with Crippen LogP contribution in [0.5, 0.6) is 0 Å². The van der Waals surface area contributed by atoms with E-state index in [4.69, 9.17) is 4.42 Å². The van der Waals surface area contributed by atoms with Crippen LogP contribution in [0.15, 0.2) is 77.2 Å². The van der Waals surface area contributed by atoms with Crippen LogP contribution in [-0.2, 0) is 11.2 Å². The molecule has 120 valence electrons. The number of carbonyl (C=O) groups excluding carboxylic acids is 1. The quantitative estimate of drug-likeness (QED) is 0.685. The molecule has 0 spiro atoms. The van der Waals surface area contributed by atoms with Crippen LogP contribution in [0.2, 0.25) is 0 Å². The Morgan fingerprint density at radius 2 is 1.75 bits per heavy atom. The lowest BCUT2D eigenvalue weighted by Crippen LogP contribution is -2.09. The van der Waals surface area contributed by atoms with Crippen LogP contribution in [0.25, 0.3) is 6.08 Å². The highest BCUT2D eigenvalue weighted by atomic mass is 16.3. The van der Waals surface area contributed by atoms with Crippen LogP contribution in [0.3, 0.4) is 0 Å². The Bertz CT molecular complexity index is 847. The van der Waals surface area contributed by atoms with Gasteiger partial charge in [-0.3, -0.25) is 4.79 Å². The normalized spacial score (nSPS) is 10.9. The number of furan rings is 1. The lowest BCUT2D eigenvalue weighted by Gasteiger charge is -2.10. The minimum Gasteiger partial charge on any atom is -0.462 e. The second kappa shape index (κ2) is 7.47. The molecule has 0 fully saturated rings. The zero-order valence-corrected chi connectivity index (χ0v) is 13.5. The molecule has 0 aliphatic carbocycles. The molecule has 1 heterocycles. The van der Waals surface area contributed by atoms with Gasteiger partial charge in [-0.05, 0) is 48.7 Å². The average molecular weight is 317 g/mol. The summed E-state index contributed by atoms with van der Waals surface area (Å²) >= 11 is 0. The molecule has 0 aliphatic rings. The standard InChI is InChI=1S/C21H19NO2/c1-16-11-12-19(24-16)13-14-21(23)22-20-10-6-5-9-18(20)15-17-7-3-2-4-8-17/h2-14H,15H2,1H3,(H,22,23). The molecule has 3 rings (SSSR count). The molecule has 0 unspecified atom stereocenters. The number of para-hydroxylation sites is 1. The van der Waals surface area contributed by atoms with E-state index in [0.717, 1.165) is 23.4 Å². The Morgan fingerprint density at radius 3 is 2.50 bits per heavy atom. The van der Waals surface area contributed by atoms with E-state index in [-0.39, 0.29) is 5.91 Å². The summed E-state index contributed by atoms with van der Waals surface area (Å²) in [5.74, 6) is 1.31. The van der Waals surface area contributed by atoms with E-state index in [0.29, 0.717) is 5.76 Å². The molecule has 1 amide bonds. The smallest absolute Gasteiger partial charge is 0.248 e. The van der Waals surface area contributed by atoms with Crippen molar-refractivity contribution < 1.29 is 9.21 Å². The molecule has 3 nitrogen and oxygen atoms in total. The Kier molecular flexibility index (Phi) is 4.92. The van der Waals surface area contributed by atoms with E-state index in [1.54, 1.807) is 6.08 Å². The number of anilines is 1. The number of carbonyl (C=O) groups is 1. The maximum absolute atomic E-state index is 12.2. The van der Waals surface area contributed by atoms with Crippen LogP contribution < -0.4 is 5.32 Å². The summed E-state index contributed by atoms with van der Waals surface area (Å²) in [4.78, 5) is 12.2.